The zero-order valence-corrected chi connectivity index (χ0v) is 6.09. The lowest BCUT2D eigenvalue weighted by molar-refractivity contribution is -0.120. The van der Waals surface area contributed by atoms with E-state index in [9.17, 15) is 9.59 Å². The second kappa shape index (κ2) is 2.66. The fourth-order valence-corrected chi connectivity index (χ4v) is 1.08. The third-order valence-electron chi connectivity index (χ3n) is 1.62. The molecule has 56 valence electrons. The molecule has 0 saturated heterocycles. The molecule has 1 rings (SSSR count). The Morgan fingerprint density at radius 2 is 1.36 bits per heavy atom. The molecule has 0 unspecified atom stereocenters. The van der Waals surface area contributed by atoms with Crippen LogP contribution < -0.4 is 0 Å². The summed E-state index contributed by atoms with van der Waals surface area (Å²) in [5.74, 6) is -0.306. The highest BCUT2D eigenvalue weighted by Crippen LogP contribution is 2.20. The molecule has 0 atom stereocenters. The van der Waals surface area contributed by atoms with Gasteiger partial charge in [0.1, 0.15) is 0 Å². The second-order valence-corrected chi connectivity index (χ2v) is 2.26. The van der Waals surface area contributed by atoms with Crippen molar-refractivity contribution < 1.29 is 9.59 Å². The average molecular weight is 148 g/mol. The molecule has 0 N–H and O–H groups in total. The molecule has 0 fully saturated rings. The van der Waals surface area contributed by atoms with Crippen LogP contribution in [0.5, 0.6) is 0 Å². The highest BCUT2D eigenvalue weighted by atomic mass is 16.2. The Labute approximate surface area is 64.9 Å². The predicted molar refractivity (Wildman–Crippen MR) is 42.1 cm³/mol. The Bertz CT molecular complexity index is 254. The van der Waals surface area contributed by atoms with Gasteiger partial charge >= 0.3 is 0 Å². The lowest BCUT2D eigenvalue weighted by Crippen LogP contribution is -1.95. The van der Waals surface area contributed by atoms with E-state index in [2.05, 4.69) is 13.2 Å². The van der Waals surface area contributed by atoms with Crippen LogP contribution in [0.25, 0.3) is 0 Å². The third kappa shape index (κ3) is 1.07. The molecule has 2 heteroatoms. The molecule has 0 aromatic rings. The minimum Gasteiger partial charge on any atom is -0.294 e. The summed E-state index contributed by atoms with van der Waals surface area (Å²) < 4.78 is 0. The Balaban J connectivity index is 3.22. The van der Waals surface area contributed by atoms with Gasteiger partial charge in [-0.3, -0.25) is 9.59 Å². The summed E-state index contributed by atoms with van der Waals surface area (Å²) in [6.07, 6.45) is 2.79. The van der Waals surface area contributed by atoms with Crippen LogP contribution in [-0.2, 0) is 9.59 Å². The van der Waals surface area contributed by atoms with E-state index >= 15 is 0 Å². The van der Waals surface area contributed by atoms with E-state index in [1.807, 2.05) is 0 Å². The summed E-state index contributed by atoms with van der Waals surface area (Å²) in [4.78, 5) is 22.0. The summed E-state index contributed by atoms with van der Waals surface area (Å²) in [7, 11) is 0. The first-order valence-corrected chi connectivity index (χ1v) is 3.26. The SMILES string of the molecule is C=CC1=C(C=C)C(=O)CC1=O. The number of carbonyl (C=O) groups is 2. The highest BCUT2D eigenvalue weighted by Gasteiger charge is 2.26. The lowest BCUT2D eigenvalue weighted by atomic mass is 10.1. The summed E-state index contributed by atoms with van der Waals surface area (Å²) in [6.45, 7) is 6.89. The Hall–Kier alpha value is -1.44. The number of hydrogen-bond acceptors (Lipinski definition) is 2. The van der Waals surface area contributed by atoms with Crippen molar-refractivity contribution in [2.24, 2.45) is 0 Å². The van der Waals surface area contributed by atoms with Gasteiger partial charge in [0, 0.05) is 11.1 Å². The molecule has 0 aliphatic heterocycles. The Morgan fingerprint density at radius 1 is 1.00 bits per heavy atom. The first kappa shape index (κ1) is 7.66. The molecular formula is C9H8O2. The molecule has 0 aromatic heterocycles. The molecule has 1 aliphatic carbocycles. The van der Waals surface area contributed by atoms with Crippen molar-refractivity contribution in [3.05, 3.63) is 36.5 Å². The van der Waals surface area contributed by atoms with Crippen molar-refractivity contribution in [3.8, 4) is 0 Å². The second-order valence-electron chi connectivity index (χ2n) is 2.26. The molecule has 1 aliphatic rings. The van der Waals surface area contributed by atoms with Crippen LogP contribution in [0.4, 0.5) is 0 Å². The van der Waals surface area contributed by atoms with Crippen molar-refractivity contribution in [1.29, 1.82) is 0 Å². The van der Waals surface area contributed by atoms with Crippen LogP contribution in [0.15, 0.2) is 36.5 Å². The topological polar surface area (TPSA) is 34.1 Å². The number of carbonyl (C=O) groups excluding carboxylic acids is 2. The maximum Gasteiger partial charge on any atom is 0.171 e. The maximum atomic E-state index is 11.0. The van der Waals surface area contributed by atoms with Gasteiger partial charge in [0.25, 0.3) is 0 Å². The van der Waals surface area contributed by atoms with Crippen molar-refractivity contribution in [2.45, 2.75) is 6.42 Å². The van der Waals surface area contributed by atoms with Gasteiger partial charge in [0.15, 0.2) is 11.6 Å². The predicted octanol–water partition coefficient (Wildman–Crippen LogP) is 1.20. The quantitative estimate of drug-likeness (QED) is 0.551. The van der Waals surface area contributed by atoms with E-state index in [0.29, 0.717) is 11.1 Å². The molecule has 0 bridgehead atoms. The van der Waals surface area contributed by atoms with E-state index in [-0.39, 0.29) is 18.0 Å². The van der Waals surface area contributed by atoms with Gasteiger partial charge in [0.2, 0.25) is 0 Å². The molecule has 11 heavy (non-hydrogen) atoms. The van der Waals surface area contributed by atoms with E-state index in [1.54, 1.807) is 0 Å². The average Bonchev–Trinajstić information content (AvgIpc) is 2.24. The van der Waals surface area contributed by atoms with Crippen LogP contribution in [0.2, 0.25) is 0 Å². The largest absolute Gasteiger partial charge is 0.294 e. The molecular weight excluding hydrogens is 140 g/mol. The summed E-state index contributed by atoms with van der Waals surface area (Å²) in [5, 5.41) is 0. The van der Waals surface area contributed by atoms with Crippen LogP contribution in [-0.4, -0.2) is 11.6 Å². The molecule has 0 radical (unpaired) electrons. The number of ketones is 2. The summed E-state index contributed by atoms with van der Waals surface area (Å²) in [5.41, 5.74) is 0.815. The van der Waals surface area contributed by atoms with E-state index in [0.717, 1.165) is 0 Å². The Morgan fingerprint density at radius 3 is 1.64 bits per heavy atom. The fraction of sp³-hybridized carbons (Fsp3) is 0.111. The smallest absolute Gasteiger partial charge is 0.171 e. The van der Waals surface area contributed by atoms with Crippen LogP contribution in [0.1, 0.15) is 6.42 Å². The molecule has 0 amide bonds. The number of rotatable bonds is 2. The summed E-state index contributed by atoms with van der Waals surface area (Å²) in [6, 6.07) is 0. The highest BCUT2D eigenvalue weighted by molar-refractivity contribution is 6.24. The van der Waals surface area contributed by atoms with E-state index in [4.69, 9.17) is 0 Å². The number of Topliss-reactive ketones (excluding diaryl/α,β-unsaturated/α-hetero) is 2. The van der Waals surface area contributed by atoms with Gasteiger partial charge in [0.05, 0.1) is 6.42 Å². The van der Waals surface area contributed by atoms with Crippen molar-refractivity contribution in [3.63, 3.8) is 0 Å². The molecule has 0 spiro atoms. The van der Waals surface area contributed by atoms with E-state index in [1.165, 1.54) is 12.2 Å². The van der Waals surface area contributed by atoms with Crippen molar-refractivity contribution in [1.82, 2.24) is 0 Å². The lowest BCUT2D eigenvalue weighted by Gasteiger charge is -1.89. The zero-order chi connectivity index (χ0) is 8.43. The fourth-order valence-electron chi connectivity index (χ4n) is 1.08. The third-order valence-corrected chi connectivity index (χ3v) is 1.62. The minimum absolute atomic E-state index is 0.0251. The van der Waals surface area contributed by atoms with Crippen LogP contribution >= 0.6 is 0 Å². The summed E-state index contributed by atoms with van der Waals surface area (Å²) >= 11 is 0. The van der Waals surface area contributed by atoms with Gasteiger partial charge in [-0.2, -0.15) is 0 Å². The standard InChI is InChI=1S/C9H8O2/c1-3-6-7(4-2)9(11)5-8(6)10/h3-4H,1-2,5H2. The number of hydrogen-bond donors (Lipinski definition) is 0. The van der Waals surface area contributed by atoms with Gasteiger partial charge < -0.3 is 0 Å². The van der Waals surface area contributed by atoms with E-state index < -0.39 is 0 Å². The van der Waals surface area contributed by atoms with Gasteiger partial charge in [-0.05, 0) is 0 Å². The molecule has 0 aromatic carbocycles. The molecule has 0 heterocycles. The van der Waals surface area contributed by atoms with Gasteiger partial charge in [-0.25, -0.2) is 0 Å². The number of allylic oxidation sites excluding steroid dienone is 4. The minimum atomic E-state index is -0.153. The Kier molecular flexibility index (Phi) is 1.85. The monoisotopic (exact) mass is 148 g/mol. The zero-order valence-electron chi connectivity index (χ0n) is 6.09. The van der Waals surface area contributed by atoms with Gasteiger partial charge in [-0.1, -0.05) is 25.3 Å². The first-order chi connectivity index (χ1) is 5.20. The molecule has 2 nitrogen and oxygen atoms in total. The normalized spacial score (nSPS) is 17.5. The van der Waals surface area contributed by atoms with Crippen molar-refractivity contribution in [2.75, 3.05) is 0 Å². The van der Waals surface area contributed by atoms with Crippen LogP contribution in [0.3, 0.4) is 0 Å². The first-order valence-electron chi connectivity index (χ1n) is 3.26. The van der Waals surface area contributed by atoms with Crippen LogP contribution in [0, 0.1) is 0 Å². The maximum absolute atomic E-state index is 11.0. The molecule has 0 saturated carbocycles. The van der Waals surface area contributed by atoms with Crippen molar-refractivity contribution >= 4 is 11.6 Å². The van der Waals surface area contributed by atoms with Gasteiger partial charge in [-0.15, -0.1) is 0 Å².